The molecule has 1 saturated heterocycles. The lowest BCUT2D eigenvalue weighted by molar-refractivity contribution is 0.122. The van der Waals surface area contributed by atoms with Gasteiger partial charge < -0.3 is 25.4 Å². The van der Waals surface area contributed by atoms with Crippen molar-refractivity contribution in [1.82, 2.24) is 15.6 Å². The number of aliphatic hydroxyl groups excluding tert-OH is 1. The molecule has 1 aliphatic heterocycles. The normalized spacial score (nSPS) is 15.5. The first-order valence-electron chi connectivity index (χ1n) is 11.5. The van der Waals surface area contributed by atoms with Crippen LogP contribution in [-0.4, -0.2) is 55.4 Å². The highest BCUT2D eigenvalue weighted by molar-refractivity contribution is 14.0. The molecule has 1 fully saturated rings. The first kappa shape index (κ1) is 27.3. The van der Waals surface area contributed by atoms with Crippen molar-refractivity contribution >= 4 is 35.8 Å². The van der Waals surface area contributed by atoms with Crippen molar-refractivity contribution in [2.24, 2.45) is 4.99 Å². The summed E-state index contributed by atoms with van der Waals surface area (Å²) in [4.78, 5) is 11.6. The van der Waals surface area contributed by atoms with Gasteiger partial charge in [-0.3, -0.25) is 0 Å². The van der Waals surface area contributed by atoms with Crippen LogP contribution in [0.1, 0.15) is 50.5 Å². The maximum atomic E-state index is 10.7. The van der Waals surface area contributed by atoms with Crippen molar-refractivity contribution < 1.29 is 9.84 Å². The molecule has 33 heavy (non-hydrogen) atoms. The second kappa shape index (κ2) is 13.1. The molecule has 2 heterocycles. The number of benzene rings is 1. The fourth-order valence-corrected chi connectivity index (χ4v) is 3.64. The Balaban J connectivity index is 0.00000385. The zero-order chi connectivity index (χ0) is 23.0. The number of hydrogen-bond donors (Lipinski definition) is 3. The predicted octanol–water partition coefficient (Wildman–Crippen LogP) is 3.62. The Hall–Kier alpha value is -1.91. The summed E-state index contributed by atoms with van der Waals surface area (Å²) in [5.41, 5.74) is 3.32. The molecule has 0 spiro atoms. The maximum absolute atomic E-state index is 10.7. The van der Waals surface area contributed by atoms with Gasteiger partial charge >= 0.3 is 0 Å². The number of pyridine rings is 1. The fourth-order valence-electron chi connectivity index (χ4n) is 3.64. The van der Waals surface area contributed by atoms with E-state index in [-0.39, 0.29) is 29.4 Å². The highest BCUT2D eigenvalue weighted by Gasteiger charge is 2.17. The number of anilines is 1. The zero-order valence-electron chi connectivity index (χ0n) is 20.2. The summed E-state index contributed by atoms with van der Waals surface area (Å²) in [5, 5.41) is 17.2. The van der Waals surface area contributed by atoms with Crippen LogP contribution in [0.25, 0.3) is 0 Å². The van der Waals surface area contributed by atoms with E-state index < -0.39 is 6.10 Å². The number of aliphatic hydroxyl groups is 1. The predicted molar refractivity (Wildman–Crippen MR) is 146 cm³/mol. The molecule has 0 saturated carbocycles. The van der Waals surface area contributed by atoms with Gasteiger partial charge in [0.05, 0.1) is 25.9 Å². The van der Waals surface area contributed by atoms with E-state index in [9.17, 15) is 5.11 Å². The van der Waals surface area contributed by atoms with Crippen LogP contribution >= 0.6 is 24.0 Å². The fraction of sp³-hybridized carbons (Fsp3) is 0.520. The number of aliphatic imine (C=N–C) groups is 1. The molecule has 182 valence electrons. The van der Waals surface area contributed by atoms with Gasteiger partial charge in [0.25, 0.3) is 0 Å². The van der Waals surface area contributed by atoms with Crippen LogP contribution in [0, 0.1) is 0 Å². The molecule has 1 aromatic carbocycles. The van der Waals surface area contributed by atoms with Gasteiger partial charge in [0.2, 0.25) is 0 Å². The van der Waals surface area contributed by atoms with Crippen LogP contribution in [0.2, 0.25) is 0 Å². The van der Waals surface area contributed by atoms with Crippen LogP contribution in [0.4, 0.5) is 5.82 Å². The van der Waals surface area contributed by atoms with Crippen molar-refractivity contribution in [3.05, 3.63) is 59.3 Å². The number of halogens is 1. The summed E-state index contributed by atoms with van der Waals surface area (Å²) in [6.07, 6.45) is 1.21. The van der Waals surface area contributed by atoms with E-state index in [2.05, 4.69) is 59.5 Å². The van der Waals surface area contributed by atoms with Gasteiger partial charge in [-0.2, -0.15) is 0 Å². The second-order valence-electron chi connectivity index (χ2n) is 9.05. The van der Waals surface area contributed by atoms with E-state index in [0.29, 0.717) is 19.0 Å². The van der Waals surface area contributed by atoms with Crippen molar-refractivity contribution in [3.63, 3.8) is 0 Å². The van der Waals surface area contributed by atoms with Gasteiger partial charge in [0.1, 0.15) is 5.82 Å². The van der Waals surface area contributed by atoms with Gasteiger partial charge in [-0.25, -0.2) is 9.98 Å². The average Bonchev–Trinajstić information content (AvgIpc) is 2.81. The van der Waals surface area contributed by atoms with E-state index in [1.165, 1.54) is 5.56 Å². The van der Waals surface area contributed by atoms with Crippen LogP contribution in [0.5, 0.6) is 0 Å². The molecule has 0 aliphatic carbocycles. The molecule has 1 aliphatic rings. The number of nitrogens with one attached hydrogen (secondary N) is 2. The Morgan fingerprint density at radius 3 is 2.48 bits per heavy atom. The minimum atomic E-state index is -0.616. The molecule has 0 radical (unpaired) electrons. The monoisotopic (exact) mass is 567 g/mol. The summed E-state index contributed by atoms with van der Waals surface area (Å²) in [5.74, 6) is 1.64. The Morgan fingerprint density at radius 1 is 1.15 bits per heavy atom. The van der Waals surface area contributed by atoms with Crippen LogP contribution in [0.15, 0.2) is 47.6 Å². The third kappa shape index (κ3) is 8.12. The largest absolute Gasteiger partial charge is 0.387 e. The molecular formula is C25H38IN5O2. The van der Waals surface area contributed by atoms with Crippen molar-refractivity contribution in [2.45, 2.75) is 45.8 Å². The minimum Gasteiger partial charge on any atom is -0.387 e. The molecule has 7 nitrogen and oxygen atoms in total. The Morgan fingerprint density at radius 2 is 1.85 bits per heavy atom. The van der Waals surface area contributed by atoms with Gasteiger partial charge in [0, 0.05) is 37.9 Å². The molecule has 8 heteroatoms. The molecular weight excluding hydrogens is 529 g/mol. The van der Waals surface area contributed by atoms with E-state index in [0.717, 1.165) is 49.8 Å². The molecule has 2 aromatic rings. The number of aromatic nitrogens is 1. The zero-order valence-corrected chi connectivity index (χ0v) is 22.5. The van der Waals surface area contributed by atoms with Gasteiger partial charge in [-0.15, -0.1) is 24.0 Å². The lowest BCUT2D eigenvalue weighted by Crippen LogP contribution is -2.39. The SMILES string of the molecule is CCNC(=NCc1cccnc1N1CCOCC1)NCC(O)c1ccc(C(C)(C)C)cc1.I. The van der Waals surface area contributed by atoms with Gasteiger partial charge in [-0.1, -0.05) is 51.1 Å². The maximum Gasteiger partial charge on any atom is 0.191 e. The smallest absolute Gasteiger partial charge is 0.191 e. The molecule has 3 rings (SSSR count). The lowest BCUT2D eigenvalue weighted by atomic mass is 9.86. The standard InChI is InChI=1S/C25H37N5O2.HI/c1-5-26-24(29-18-22(31)19-8-10-21(11-9-19)25(2,3)4)28-17-20-7-6-12-27-23(20)30-13-15-32-16-14-30;/h6-12,22,31H,5,13-18H2,1-4H3,(H2,26,28,29);1H. The minimum absolute atomic E-state index is 0. The number of hydrogen-bond acceptors (Lipinski definition) is 5. The van der Waals surface area contributed by atoms with E-state index in [1.54, 1.807) is 0 Å². The van der Waals surface area contributed by atoms with E-state index in [4.69, 9.17) is 9.73 Å². The lowest BCUT2D eigenvalue weighted by Gasteiger charge is -2.29. The highest BCUT2D eigenvalue weighted by atomic mass is 127. The third-order valence-corrected chi connectivity index (χ3v) is 5.55. The van der Waals surface area contributed by atoms with Crippen molar-refractivity contribution in [1.29, 1.82) is 0 Å². The van der Waals surface area contributed by atoms with E-state index in [1.807, 2.05) is 31.3 Å². The molecule has 1 atom stereocenters. The van der Waals surface area contributed by atoms with Crippen molar-refractivity contribution in [2.75, 3.05) is 44.3 Å². The quantitative estimate of drug-likeness (QED) is 0.270. The molecule has 1 unspecified atom stereocenters. The summed E-state index contributed by atoms with van der Waals surface area (Å²) in [7, 11) is 0. The number of ether oxygens (including phenoxy) is 1. The molecule has 0 bridgehead atoms. The number of rotatable bonds is 7. The molecule has 3 N–H and O–H groups in total. The number of guanidine groups is 1. The Kier molecular flexibility index (Phi) is 10.9. The third-order valence-electron chi connectivity index (χ3n) is 5.55. The molecule has 0 amide bonds. The topological polar surface area (TPSA) is 82.0 Å². The first-order chi connectivity index (χ1) is 15.4. The second-order valence-corrected chi connectivity index (χ2v) is 9.05. The van der Waals surface area contributed by atoms with E-state index >= 15 is 0 Å². The molecule has 1 aromatic heterocycles. The van der Waals surface area contributed by atoms with Crippen LogP contribution < -0.4 is 15.5 Å². The highest BCUT2D eigenvalue weighted by Crippen LogP contribution is 2.24. The number of morpholine rings is 1. The van der Waals surface area contributed by atoms with Crippen LogP contribution in [-0.2, 0) is 16.7 Å². The van der Waals surface area contributed by atoms with Gasteiger partial charge in [0.15, 0.2) is 5.96 Å². The Bertz CT molecular complexity index is 877. The summed E-state index contributed by atoms with van der Waals surface area (Å²) in [6, 6.07) is 12.2. The summed E-state index contributed by atoms with van der Waals surface area (Å²) in [6.45, 7) is 13.3. The number of nitrogens with zero attached hydrogens (tertiary/aromatic N) is 3. The average molecular weight is 568 g/mol. The Labute approximate surface area is 215 Å². The summed E-state index contributed by atoms with van der Waals surface area (Å²) >= 11 is 0. The van der Waals surface area contributed by atoms with Crippen LogP contribution in [0.3, 0.4) is 0 Å². The van der Waals surface area contributed by atoms with Crippen molar-refractivity contribution in [3.8, 4) is 0 Å². The first-order valence-corrected chi connectivity index (χ1v) is 11.5. The van der Waals surface area contributed by atoms with Gasteiger partial charge in [-0.05, 0) is 29.5 Å². The summed E-state index contributed by atoms with van der Waals surface area (Å²) < 4.78 is 5.46.